The number of ether oxygens (including phenoxy) is 3. The number of rotatable bonds is 18. The first-order valence-corrected chi connectivity index (χ1v) is 11.5. The van der Waals surface area contributed by atoms with Crippen LogP contribution in [0, 0.1) is 0 Å². The third kappa shape index (κ3) is 14.1. The van der Waals surface area contributed by atoms with Crippen molar-refractivity contribution in [2.24, 2.45) is 0 Å². The summed E-state index contributed by atoms with van der Waals surface area (Å²) in [6.07, 6.45) is 16.6. The average molecular weight is 395 g/mol. The van der Waals surface area contributed by atoms with Crippen LogP contribution in [-0.2, 0) is 14.2 Å². The van der Waals surface area contributed by atoms with Crippen molar-refractivity contribution < 1.29 is 14.2 Å². The molecule has 164 valence electrons. The number of hydrogen-bond donors (Lipinski definition) is 0. The van der Waals surface area contributed by atoms with Crippen molar-refractivity contribution in [3.63, 3.8) is 0 Å². The van der Waals surface area contributed by atoms with Gasteiger partial charge in [-0.1, -0.05) is 79.0 Å². The molecule has 0 aromatic carbocycles. The molecule has 0 aliphatic carbocycles. The van der Waals surface area contributed by atoms with Crippen LogP contribution in [0.1, 0.15) is 99.3 Å². The lowest BCUT2D eigenvalue weighted by atomic mass is 10.1. The Labute approximate surface area is 175 Å². The maximum absolute atomic E-state index is 6.02. The van der Waals surface area contributed by atoms with Crippen LogP contribution in [0.4, 0.5) is 0 Å². The third-order valence-corrected chi connectivity index (χ3v) is 4.74. The molecule has 0 atom stereocenters. The average Bonchev–Trinajstić information content (AvgIpc) is 2.73. The molecule has 0 N–H and O–H groups in total. The van der Waals surface area contributed by atoms with Gasteiger partial charge in [0.05, 0.1) is 19.8 Å². The molecule has 3 heteroatoms. The maximum atomic E-state index is 6.02. The maximum Gasteiger partial charge on any atom is 0.272 e. The number of allylic oxidation sites excluding steroid dienone is 3. The lowest BCUT2D eigenvalue weighted by molar-refractivity contribution is -0.278. The smallest absolute Gasteiger partial charge is 0.272 e. The molecule has 0 saturated carbocycles. The van der Waals surface area contributed by atoms with Crippen LogP contribution < -0.4 is 0 Å². The van der Waals surface area contributed by atoms with Crippen LogP contribution in [0.15, 0.2) is 34.9 Å². The molecule has 0 rings (SSSR count). The molecule has 28 heavy (non-hydrogen) atoms. The Bertz CT molecular complexity index is 382. The highest BCUT2D eigenvalue weighted by atomic mass is 16.8. The molecule has 0 saturated heterocycles. The van der Waals surface area contributed by atoms with Gasteiger partial charge in [0, 0.05) is 0 Å². The highest BCUT2D eigenvalue weighted by Gasteiger charge is 2.13. The molecule has 0 bridgehead atoms. The van der Waals surface area contributed by atoms with E-state index in [9.17, 15) is 0 Å². The van der Waals surface area contributed by atoms with Crippen LogP contribution in [0.5, 0.6) is 0 Å². The summed E-state index contributed by atoms with van der Waals surface area (Å²) in [5, 5.41) is 0. The Hall–Kier alpha value is -0.900. The minimum Gasteiger partial charge on any atom is -0.325 e. The van der Waals surface area contributed by atoms with Gasteiger partial charge in [0.2, 0.25) is 0 Å². The van der Waals surface area contributed by atoms with E-state index in [-0.39, 0.29) is 0 Å². The van der Waals surface area contributed by atoms with E-state index in [4.69, 9.17) is 14.2 Å². The molecular formula is C25H46O3. The summed E-state index contributed by atoms with van der Waals surface area (Å²) in [6.45, 7) is 14.2. The van der Waals surface area contributed by atoms with Gasteiger partial charge in [0.15, 0.2) is 0 Å². The van der Waals surface area contributed by atoms with E-state index in [1.165, 1.54) is 16.7 Å². The fraction of sp³-hybridized carbons (Fsp3) is 0.760. The summed E-state index contributed by atoms with van der Waals surface area (Å²) in [7, 11) is 0. The van der Waals surface area contributed by atoms with Crippen molar-refractivity contribution in [3.05, 3.63) is 34.9 Å². The molecule has 0 aromatic heterocycles. The second-order valence-corrected chi connectivity index (χ2v) is 7.24. The fourth-order valence-electron chi connectivity index (χ4n) is 2.63. The lowest BCUT2D eigenvalue weighted by Crippen LogP contribution is -2.24. The fourth-order valence-corrected chi connectivity index (χ4v) is 2.63. The molecule has 0 aliphatic heterocycles. The van der Waals surface area contributed by atoms with Crippen LogP contribution in [0.2, 0.25) is 0 Å². The third-order valence-electron chi connectivity index (χ3n) is 4.74. The molecule has 0 spiro atoms. The first-order valence-electron chi connectivity index (χ1n) is 11.5. The Morgan fingerprint density at radius 1 is 0.536 bits per heavy atom. The first-order chi connectivity index (χ1) is 13.6. The molecule has 0 heterocycles. The van der Waals surface area contributed by atoms with Gasteiger partial charge in [-0.25, -0.2) is 0 Å². The molecular weight excluding hydrogens is 348 g/mol. The van der Waals surface area contributed by atoms with Crippen LogP contribution in [0.3, 0.4) is 0 Å². The SMILES string of the molecule is CCCC=C(CC)COC(OCC(=CCCC)CC)OCC(=CCCC)CC. The number of hydrogen-bond acceptors (Lipinski definition) is 3. The van der Waals surface area contributed by atoms with E-state index in [1.54, 1.807) is 0 Å². The van der Waals surface area contributed by atoms with Gasteiger partial charge in [0.25, 0.3) is 6.48 Å². The zero-order chi connectivity index (χ0) is 21.0. The predicted octanol–water partition coefficient (Wildman–Crippen LogP) is 7.73. The van der Waals surface area contributed by atoms with Crippen molar-refractivity contribution in [1.82, 2.24) is 0 Å². The summed E-state index contributed by atoms with van der Waals surface area (Å²) < 4.78 is 18.1. The van der Waals surface area contributed by atoms with Gasteiger partial charge in [-0.05, 0) is 55.2 Å². The van der Waals surface area contributed by atoms with E-state index < -0.39 is 6.48 Å². The number of unbranched alkanes of at least 4 members (excludes halogenated alkanes) is 3. The van der Waals surface area contributed by atoms with Crippen molar-refractivity contribution in [1.29, 1.82) is 0 Å². The quantitative estimate of drug-likeness (QED) is 0.176. The van der Waals surface area contributed by atoms with Gasteiger partial charge >= 0.3 is 0 Å². The zero-order valence-corrected chi connectivity index (χ0v) is 19.5. The summed E-state index contributed by atoms with van der Waals surface area (Å²) >= 11 is 0. The molecule has 3 nitrogen and oxygen atoms in total. The molecule has 0 unspecified atom stereocenters. The van der Waals surface area contributed by atoms with Crippen molar-refractivity contribution in [2.75, 3.05) is 19.8 Å². The van der Waals surface area contributed by atoms with Crippen molar-refractivity contribution in [2.45, 2.75) is 106 Å². The Kier molecular flexibility index (Phi) is 18.8. The summed E-state index contributed by atoms with van der Waals surface area (Å²) in [5.41, 5.74) is 3.94. The largest absolute Gasteiger partial charge is 0.325 e. The lowest BCUT2D eigenvalue weighted by Gasteiger charge is -2.21. The van der Waals surface area contributed by atoms with Crippen LogP contribution in [0.25, 0.3) is 0 Å². The van der Waals surface area contributed by atoms with E-state index >= 15 is 0 Å². The van der Waals surface area contributed by atoms with Crippen molar-refractivity contribution >= 4 is 0 Å². The Morgan fingerprint density at radius 2 is 0.821 bits per heavy atom. The molecule has 0 aromatic rings. The van der Waals surface area contributed by atoms with Crippen molar-refractivity contribution in [3.8, 4) is 0 Å². The minimum absolute atomic E-state index is 0.571. The van der Waals surface area contributed by atoms with E-state index in [0.29, 0.717) is 19.8 Å². The van der Waals surface area contributed by atoms with Gasteiger partial charge in [-0.3, -0.25) is 0 Å². The zero-order valence-electron chi connectivity index (χ0n) is 19.5. The van der Waals surface area contributed by atoms with E-state index in [1.807, 2.05) is 0 Å². The Balaban J connectivity index is 4.88. The normalized spacial score (nSPS) is 14.6. The highest BCUT2D eigenvalue weighted by molar-refractivity contribution is 5.03. The minimum atomic E-state index is -0.621. The standard InChI is InChI=1S/C25H46O3/c1-7-13-16-22(10-4)19-26-25(27-20-23(11-5)17-14-8-2)28-21-24(12-6)18-15-9-3/h16-18,25H,7-15,19-21H2,1-6H3. The van der Waals surface area contributed by atoms with E-state index in [2.05, 4.69) is 59.8 Å². The molecule has 0 radical (unpaired) electrons. The van der Waals surface area contributed by atoms with Gasteiger partial charge in [-0.2, -0.15) is 0 Å². The second-order valence-electron chi connectivity index (χ2n) is 7.24. The molecule has 0 aliphatic rings. The van der Waals surface area contributed by atoms with Crippen LogP contribution in [-0.4, -0.2) is 26.3 Å². The molecule has 0 fully saturated rings. The van der Waals surface area contributed by atoms with Crippen LogP contribution >= 0.6 is 0 Å². The predicted molar refractivity (Wildman–Crippen MR) is 121 cm³/mol. The first kappa shape index (κ1) is 27.1. The topological polar surface area (TPSA) is 27.7 Å². The monoisotopic (exact) mass is 394 g/mol. The van der Waals surface area contributed by atoms with E-state index in [0.717, 1.165) is 57.8 Å². The van der Waals surface area contributed by atoms with Gasteiger partial charge < -0.3 is 14.2 Å². The second kappa shape index (κ2) is 19.4. The summed E-state index contributed by atoms with van der Waals surface area (Å²) in [4.78, 5) is 0. The summed E-state index contributed by atoms with van der Waals surface area (Å²) in [6, 6.07) is 0. The highest BCUT2D eigenvalue weighted by Crippen LogP contribution is 2.13. The Morgan fingerprint density at radius 3 is 1.04 bits per heavy atom. The molecule has 0 amide bonds. The van der Waals surface area contributed by atoms with Gasteiger partial charge in [0.1, 0.15) is 0 Å². The summed E-state index contributed by atoms with van der Waals surface area (Å²) in [5.74, 6) is 0. The van der Waals surface area contributed by atoms with Gasteiger partial charge in [-0.15, -0.1) is 0 Å².